The molecule has 0 aliphatic carbocycles. The number of hydrogen-bond donors (Lipinski definition) is 1. The molecule has 2 unspecified atom stereocenters. The number of likely N-dealkylation sites (tertiary alicyclic amines) is 2. The van der Waals surface area contributed by atoms with E-state index in [0.29, 0.717) is 26.1 Å². The summed E-state index contributed by atoms with van der Waals surface area (Å²) in [6.07, 6.45) is 2.55. The van der Waals surface area contributed by atoms with Crippen molar-refractivity contribution in [3.8, 4) is 0 Å². The molecule has 2 heterocycles. The van der Waals surface area contributed by atoms with Gasteiger partial charge in [0.15, 0.2) is 0 Å². The normalized spacial score (nSPS) is 30.0. The second kappa shape index (κ2) is 6.22. The van der Waals surface area contributed by atoms with Gasteiger partial charge in [0.25, 0.3) is 0 Å². The highest BCUT2D eigenvalue weighted by Gasteiger charge is 2.49. The monoisotopic (exact) mass is 298 g/mol. The van der Waals surface area contributed by atoms with Gasteiger partial charge in [0.2, 0.25) is 0 Å². The summed E-state index contributed by atoms with van der Waals surface area (Å²) in [7, 11) is 1.67. The molecular weight excluding hydrogens is 272 g/mol. The van der Waals surface area contributed by atoms with Gasteiger partial charge in [-0.1, -0.05) is 13.8 Å². The number of carbonyl (C=O) groups excluding carboxylic acids is 1. The summed E-state index contributed by atoms with van der Waals surface area (Å²) >= 11 is 0. The van der Waals surface area contributed by atoms with Crippen molar-refractivity contribution in [3.63, 3.8) is 0 Å². The van der Waals surface area contributed by atoms with Crippen LogP contribution in [0.15, 0.2) is 0 Å². The van der Waals surface area contributed by atoms with Gasteiger partial charge in [-0.3, -0.25) is 4.79 Å². The average Bonchev–Trinajstić information content (AvgIpc) is 2.93. The van der Waals surface area contributed by atoms with Crippen molar-refractivity contribution in [1.29, 1.82) is 0 Å². The lowest BCUT2D eigenvalue weighted by Gasteiger charge is -2.35. The van der Waals surface area contributed by atoms with Crippen LogP contribution >= 0.6 is 0 Å². The molecule has 1 N–H and O–H groups in total. The molecule has 0 radical (unpaired) electrons. The van der Waals surface area contributed by atoms with Crippen LogP contribution in [0.25, 0.3) is 0 Å². The summed E-state index contributed by atoms with van der Waals surface area (Å²) < 4.78 is 5.35. The van der Waals surface area contributed by atoms with Crippen molar-refractivity contribution >= 4 is 12.0 Å². The van der Waals surface area contributed by atoms with Crippen molar-refractivity contribution in [3.05, 3.63) is 0 Å². The van der Waals surface area contributed by atoms with Crippen LogP contribution in [0.5, 0.6) is 0 Å². The van der Waals surface area contributed by atoms with Crippen molar-refractivity contribution in [2.75, 3.05) is 33.3 Å². The molecule has 6 nitrogen and oxygen atoms in total. The van der Waals surface area contributed by atoms with E-state index >= 15 is 0 Å². The van der Waals surface area contributed by atoms with Gasteiger partial charge >= 0.3 is 12.0 Å². The van der Waals surface area contributed by atoms with E-state index in [1.807, 2.05) is 13.8 Å². The van der Waals surface area contributed by atoms with Crippen LogP contribution in [0, 0.1) is 11.3 Å². The van der Waals surface area contributed by atoms with E-state index in [1.165, 1.54) is 0 Å². The Bertz CT molecular complexity index is 412. The van der Waals surface area contributed by atoms with Gasteiger partial charge in [0.05, 0.1) is 11.5 Å². The van der Waals surface area contributed by atoms with Crippen molar-refractivity contribution in [2.45, 2.75) is 39.2 Å². The largest absolute Gasteiger partial charge is 0.481 e. The fourth-order valence-electron chi connectivity index (χ4n) is 3.39. The van der Waals surface area contributed by atoms with E-state index in [2.05, 4.69) is 0 Å². The first-order valence-corrected chi connectivity index (χ1v) is 7.70. The van der Waals surface area contributed by atoms with Crippen molar-refractivity contribution < 1.29 is 19.4 Å². The number of carboxylic acids is 1. The topological polar surface area (TPSA) is 70.1 Å². The molecule has 0 aromatic heterocycles. The lowest BCUT2D eigenvalue weighted by Crippen LogP contribution is -2.50. The minimum Gasteiger partial charge on any atom is -0.481 e. The van der Waals surface area contributed by atoms with Gasteiger partial charge in [-0.2, -0.15) is 0 Å². The van der Waals surface area contributed by atoms with Gasteiger partial charge < -0.3 is 19.6 Å². The number of carboxylic acid groups (broad SMARTS) is 1. The molecule has 2 saturated heterocycles. The summed E-state index contributed by atoms with van der Waals surface area (Å²) in [5.41, 5.74) is -0.799. The second-order valence-corrected chi connectivity index (χ2v) is 6.52. The van der Waals surface area contributed by atoms with Crippen LogP contribution in [0.4, 0.5) is 4.79 Å². The molecule has 0 saturated carbocycles. The minimum absolute atomic E-state index is 0.0147. The zero-order valence-corrected chi connectivity index (χ0v) is 13.2. The Balaban J connectivity index is 2.03. The van der Waals surface area contributed by atoms with E-state index in [4.69, 9.17) is 4.74 Å². The number of ether oxygens (including phenoxy) is 1. The van der Waals surface area contributed by atoms with E-state index in [1.54, 1.807) is 16.9 Å². The predicted molar refractivity (Wildman–Crippen MR) is 78.1 cm³/mol. The molecule has 2 aliphatic rings. The van der Waals surface area contributed by atoms with Gasteiger partial charge in [-0.05, 0) is 25.2 Å². The number of hydrogen-bond acceptors (Lipinski definition) is 3. The van der Waals surface area contributed by atoms with Crippen LogP contribution < -0.4 is 0 Å². The Morgan fingerprint density at radius 3 is 2.52 bits per heavy atom. The predicted octanol–water partition coefficient (Wildman–Crippen LogP) is 1.65. The second-order valence-electron chi connectivity index (χ2n) is 6.52. The van der Waals surface area contributed by atoms with Gasteiger partial charge in [0, 0.05) is 33.3 Å². The molecule has 0 aromatic rings. The maximum Gasteiger partial charge on any atom is 0.320 e. The molecule has 2 aliphatic heterocycles. The third-order valence-corrected chi connectivity index (χ3v) is 5.08. The Morgan fingerprint density at radius 1 is 1.29 bits per heavy atom. The number of aliphatic carboxylic acids is 1. The summed E-state index contributed by atoms with van der Waals surface area (Å²) in [5, 5.41) is 9.55. The van der Waals surface area contributed by atoms with Crippen molar-refractivity contribution in [1.82, 2.24) is 9.80 Å². The Hall–Kier alpha value is -1.30. The first kappa shape index (κ1) is 16.1. The zero-order valence-electron chi connectivity index (χ0n) is 13.2. The fraction of sp³-hybridized carbons (Fsp3) is 0.867. The molecule has 21 heavy (non-hydrogen) atoms. The third kappa shape index (κ3) is 3.00. The van der Waals surface area contributed by atoms with Crippen LogP contribution in [-0.4, -0.2) is 66.3 Å². The molecular formula is C15H26N2O4. The number of rotatable bonds is 3. The van der Waals surface area contributed by atoms with E-state index in [0.717, 1.165) is 19.4 Å². The molecule has 120 valence electrons. The molecule has 6 heteroatoms. The highest BCUT2D eigenvalue weighted by atomic mass is 16.5. The van der Waals surface area contributed by atoms with Crippen LogP contribution in [0.2, 0.25) is 0 Å². The van der Waals surface area contributed by atoms with Crippen molar-refractivity contribution in [2.24, 2.45) is 11.3 Å². The van der Waals surface area contributed by atoms with E-state index in [9.17, 15) is 14.7 Å². The number of nitrogens with zero attached hydrogens (tertiary/aromatic N) is 2. The zero-order chi connectivity index (χ0) is 15.6. The standard InChI is InChI=1S/C15H26N2O4/c1-11(2)15(13(18)19)6-8-17(10-15)14(20)16-7-4-5-12(9-16)21-3/h11-12H,4-10H2,1-3H3,(H,18,19). The summed E-state index contributed by atoms with van der Waals surface area (Å²) in [6, 6.07) is -0.0412. The average molecular weight is 298 g/mol. The molecule has 0 spiro atoms. The molecule has 2 rings (SSSR count). The Kier molecular flexibility index (Phi) is 4.76. The summed E-state index contributed by atoms with van der Waals surface area (Å²) in [5.74, 6) is -0.776. The molecule has 2 amide bonds. The van der Waals surface area contributed by atoms with Crippen LogP contribution in [0.1, 0.15) is 33.1 Å². The number of amides is 2. The maximum absolute atomic E-state index is 12.6. The quantitative estimate of drug-likeness (QED) is 0.860. The minimum atomic E-state index is -0.799. The highest BCUT2D eigenvalue weighted by molar-refractivity contribution is 5.80. The Morgan fingerprint density at radius 2 is 2.00 bits per heavy atom. The number of piperidine rings is 1. The van der Waals surface area contributed by atoms with Crippen LogP contribution in [-0.2, 0) is 9.53 Å². The number of carbonyl (C=O) groups is 2. The first-order chi connectivity index (χ1) is 9.90. The van der Waals surface area contributed by atoms with Gasteiger partial charge in [-0.15, -0.1) is 0 Å². The molecule has 0 bridgehead atoms. The van der Waals surface area contributed by atoms with Gasteiger partial charge in [0.1, 0.15) is 0 Å². The van der Waals surface area contributed by atoms with Gasteiger partial charge in [-0.25, -0.2) is 4.79 Å². The molecule has 0 aromatic carbocycles. The van der Waals surface area contributed by atoms with E-state index in [-0.39, 0.29) is 18.1 Å². The highest BCUT2D eigenvalue weighted by Crippen LogP contribution is 2.38. The fourth-order valence-corrected chi connectivity index (χ4v) is 3.39. The summed E-state index contributed by atoms with van der Waals surface area (Å²) in [6.45, 7) is 6.02. The lowest BCUT2D eigenvalue weighted by atomic mass is 9.76. The number of methoxy groups -OCH3 is 1. The number of urea groups is 1. The third-order valence-electron chi connectivity index (χ3n) is 5.08. The van der Waals surface area contributed by atoms with E-state index < -0.39 is 11.4 Å². The van der Waals surface area contributed by atoms with Crippen LogP contribution in [0.3, 0.4) is 0 Å². The molecule has 2 atom stereocenters. The molecule has 2 fully saturated rings. The first-order valence-electron chi connectivity index (χ1n) is 7.70. The lowest BCUT2D eigenvalue weighted by molar-refractivity contribution is -0.150. The smallest absolute Gasteiger partial charge is 0.320 e. The SMILES string of the molecule is COC1CCCN(C(=O)N2CCC(C(=O)O)(C(C)C)C2)C1. The maximum atomic E-state index is 12.6. The Labute approximate surface area is 126 Å². The summed E-state index contributed by atoms with van der Waals surface area (Å²) in [4.78, 5) is 27.7.